The van der Waals surface area contributed by atoms with Crippen LogP contribution in [0.3, 0.4) is 0 Å². The van der Waals surface area contributed by atoms with Crippen molar-refractivity contribution in [3.05, 3.63) is 41.6 Å². The number of imidazole rings is 1. The first kappa shape index (κ1) is 21.4. The van der Waals surface area contributed by atoms with Gasteiger partial charge in [0, 0.05) is 44.0 Å². The minimum absolute atomic E-state index is 0. The third-order valence-corrected chi connectivity index (χ3v) is 6.45. The second-order valence-corrected chi connectivity index (χ2v) is 8.25. The van der Waals surface area contributed by atoms with Crippen LogP contribution in [0.25, 0.3) is 10.8 Å². The molecule has 0 spiro atoms. The van der Waals surface area contributed by atoms with Gasteiger partial charge in [0.1, 0.15) is 5.82 Å². The van der Waals surface area contributed by atoms with Crippen molar-refractivity contribution in [2.45, 2.75) is 39.3 Å². The quantitative estimate of drug-likeness (QED) is 0.597. The number of hydrogen-bond donors (Lipinski definition) is 0. The number of anilines is 1. The van der Waals surface area contributed by atoms with Gasteiger partial charge >= 0.3 is 0 Å². The summed E-state index contributed by atoms with van der Waals surface area (Å²) < 4.78 is 6.39. The zero-order valence-corrected chi connectivity index (χ0v) is 18.8. The molecule has 31 heavy (non-hydrogen) atoms. The van der Waals surface area contributed by atoms with Gasteiger partial charge in [-0.15, -0.1) is 12.4 Å². The predicted octanol–water partition coefficient (Wildman–Crippen LogP) is 2.87. The highest BCUT2D eigenvalue weighted by atomic mass is 35.5. The lowest BCUT2D eigenvalue weighted by Crippen LogP contribution is -2.42. The molecule has 3 aromatic heterocycles. The monoisotopic (exact) mass is 459 g/mol. The summed E-state index contributed by atoms with van der Waals surface area (Å²) in [4.78, 5) is 42.6. The molecule has 5 heterocycles. The van der Waals surface area contributed by atoms with Crippen LogP contribution in [0.4, 0.5) is 5.82 Å². The largest absolute Gasteiger partial charge is 0.328 e. The smallest absolute Gasteiger partial charge is 0.254 e. The maximum atomic E-state index is 13.2. The Kier molecular flexibility index (Phi) is 5.76. The molecule has 1 fully saturated rings. The normalized spacial score (nSPS) is 18.1. The van der Waals surface area contributed by atoms with Gasteiger partial charge in [0.05, 0.1) is 11.7 Å². The summed E-state index contributed by atoms with van der Waals surface area (Å²) in [5.41, 5.74) is 1.48. The number of amides is 2. The lowest BCUT2D eigenvalue weighted by Gasteiger charge is -2.36. The second-order valence-electron chi connectivity index (χ2n) is 7.50. The maximum absolute atomic E-state index is 13.2. The topological polar surface area (TPSA) is 97.1 Å². The van der Waals surface area contributed by atoms with Gasteiger partial charge in [-0.2, -0.15) is 4.37 Å². The van der Waals surface area contributed by atoms with Gasteiger partial charge < -0.3 is 9.47 Å². The number of carbonyl (C=O) groups is 2. The van der Waals surface area contributed by atoms with E-state index in [0.29, 0.717) is 49.1 Å². The number of aromatic nitrogens is 5. The molecule has 0 aliphatic carbocycles. The van der Waals surface area contributed by atoms with Crippen LogP contribution in [-0.2, 0) is 11.3 Å². The van der Waals surface area contributed by atoms with E-state index < -0.39 is 0 Å². The first-order chi connectivity index (χ1) is 14.5. The van der Waals surface area contributed by atoms with E-state index in [0.717, 1.165) is 17.1 Å². The number of aryl methyl sites for hydroxylation is 1. The molecule has 2 aliphatic heterocycles. The summed E-state index contributed by atoms with van der Waals surface area (Å²) in [6.45, 7) is 5.61. The van der Waals surface area contributed by atoms with Crippen molar-refractivity contribution in [3.8, 4) is 10.8 Å². The van der Waals surface area contributed by atoms with E-state index in [-0.39, 0.29) is 30.3 Å². The highest BCUT2D eigenvalue weighted by molar-refractivity contribution is 7.09. The van der Waals surface area contributed by atoms with E-state index in [2.05, 4.69) is 18.9 Å². The number of hydrogen-bond acceptors (Lipinski definition) is 7. The van der Waals surface area contributed by atoms with Crippen molar-refractivity contribution in [3.63, 3.8) is 0 Å². The van der Waals surface area contributed by atoms with Crippen molar-refractivity contribution in [1.82, 2.24) is 28.8 Å². The number of halogens is 1. The van der Waals surface area contributed by atoms with E-state index in [1.807, 2.05) is 18.7 Å². The molecule has 1 atom stereocenters. The van der Waals surface area contributed by atoms with Crippen LogP contribution < -0.4 is 4.90 Å². The molecular weight excluding hydrogens is 438 g/mol. The maximum Gasteiger partial charge on any atom is 0.254 e. The number of rotatable bonds is 3. The van der Waals surface area contributed by atoms with Crippen molar-refractivity contribution in [1.29, 1.82) is 0 Å². The van der Waals surface area contributed by atoms with Crippen molar-refractivity contribution in [2.75, 3.05) is 18.0 Å². The Morgan fingerprint density at radius 3 is 2.58 bits per heavy atom. The molecule has 2 aliphatic rings. The van der Waals surface area contributed by atoms with E-state index in [1.165, 1.54) is 11.5 Å². The summed E-state index contributed by atoms with van der Waals surface area (Å²) in [7, 11) is 0. The van der Waals surface area contributed by atoms with Gasteiger partial charge in [-0.25, -0.2) is 9.97 Å². The Morgan fingerprint density at radius 1 is 1.16 bits per heavy atom. The van der Waals surface area contributed by atoms with Gasteiger partial charge in [0.25, 0.3) is 5.91 Å². The Morgan fingerprint density at radius 2 is 1.94 bits per heavy atom. The molecule has 1 saturated heterocycles. The fourth-order valence-electron chi connectivity index (χ4n) is 4.20. The zero-order chi connectivity index (χ0) is 20.8. The molecule has 0 bridgehead atoms. The predicted molar refractivity (Wildman–Crippen MR) is 118 cm³/mol. The molecule has 9 nitrogen and oxygen atoms in total. The highest BCUT2D eigenvalue weighted by Crippen LogP contribution is 2.39. The van der Waals surface area contributed by atoms with E-state index in [1.54, 1.807) is 29.4 Å². The molecule has 0 saturated carbocycles. The molecule has 2 amide bonds. The van der Waals surface area contributed by atoms with Crippen LogP contribution in [0, 0.1) is 6.92 Å². The highest BCUT2D eigenvalue weighted by Gasteiger charge is 2.38. The number of nitrogens with zero attached hydrogens (tertiary/aromatic N) is 7. The van der Waals surface area contributed by atoms with Crippen LogP contribution in [0.2, 0.25) is 0 Å². The van der Waals surface area contributed by atoms with Gasteiger partial charge in [0.2, 0.25) is 5.91 Å². The average molecular weight is 460 g/mol. The summed E-state index contributed by atoms with van der Waals surface area (Å²) in [5.74, 6) is 2.07. The molecule has 5 rings (SSSR count). The van der Waals surface area contributed by atoms with E-state index >= 15 is 0 Å². The van der Waals surface area contributed by atoms with Gasteiger partial charge in [-0.1, -0.05) is 0 Å². The van der Waals surface area contributed by atoms with Crippen LogP contribution in [0.1, 0.15) is 47.7 Å². The summed E-state index contributed by atoms with van der Waals surface area (Å²) >= 11 is 1.30. The number of carbonyl (C=O) groups excluding carboxylic acids is 2. The van der Waals surface area contributed by atoms with Crippen LogP contribution in [0.15, 0.2) is 24.5 Å². The summed E-state index contributed by atoms with van der Waals surface area (Å²) in [5, 5.41) is 0.729. The van der Waals surface area contributed by atoms with Crippen LogP contribution in [-0.4, -0.2) is 53.7 Å². The summed E-state index contributed by atoms with van der Waals surface area (Å²) in [6, 6.07) is 3.21. The molecule has 0 N–H and O–H groups in total. The minimum Gasteiger partial charge on any atom is -0.328 e. The van der Waals surface area contributed by atoms with Crippen LogP contribution in [0.5, 0.6) is 0 Å². The first-order valence-electron chi connectivity index (χ1n) is 9.97. The molecule has 162 valence electrons. The number of pyridine rings is 1. The Hall–Kier alpha value is -2.85. The number of fused-ring (bicyclic) bond motifs is 1. The second kappa shape index (κ2) is 8.35. The van der Waals surface area contributed by atoms with E-state index in [4.69, 9.17) is 4.98 Å². The Balaban J connectivity index is 0.00000231. The van der Waals surface area contributed by atoms with Crippen molar-refractivity contribution >= 4 is 41.6 Å². The SMILES string of the molecule is Cc1nsc(-c2nc(N3CCCC3=O)c3n2CCN(C(=O)c2ccncc2)C3C)n1.Cl. The molecular formula is C20H22ClN7O2S. The zero-order valence-electron chi connectivity index (χ0n) is 17.2. The third-order valence-electron chi connectivity index (χ3n) is 5.65. The standard InChI is InChI=1S/C20H21N7O2S.ClH/c1-12-16-17(26-9-3-4-15(26)28)23-18(19-22-13(2)24-30-19)27(16)11-10-25(12)20(29)14-5-7-21-8-6-14;/h5-8,12H,3-4,9-11H2,1-2H3;1H. The lowest BCUT2D eigenvalue weighted by atomic mass is 10.1. The first-order valence-corrected chi connectivity index (χ1v) is 10.7. The van der Waals surface area contributed by atoms with Crippen LogP contribution >= 0.6 is 23.9 Å². The van der Waals surface area contributed by atoms with Gasteiger partial charge in [0.15, 0.2) is 16.6 Å². The Labute approximate surface area is 189 Å². The van der Waals surface area contributed by atoms with Crippen molar-refractivity contribution < 1.29 is 9.59 Å². The molecule has 11 heteroatoms. The van der Waals surface area contributed by atoms with Gasteiger partial charge in [-0.05, 0) is 43.9 Å². The van der Waals surface area contributed by atoms with Gasteiger partial charge in [-0.3, -0.25) is 19.5 Å². The molecule has 0 radical (unpaired) electrons. The lowest BCUT2D eigenvalue weighted by molar-refractivity contribution is -0.117. The molecule has 1 unspecified atom stereocenters. The fraction of sp³-hybridized carbons (Fsp3) is 0.400. The molecule has 0 aromatic carbocycles. The summed E-state index contributed by atoms with van der Waals surface area (Å²) in [6.07, 6.45) is 4.58. The fourth-order valence-corrected chi connectivity index (χ4v) is 4.87. The third kappa shape index (κ3) is 3.59. The minimum atomic E-state index is -0.238. The van der Waals surface area contributed by atoms with E-state index in [9.17, 15) is 9.59 Å². The molecule has 3 aromatic rings. The van der Waals surface area contributed by atoms with Crippen molar-refractivity contribution in [2.24, 2.45) is 0 Å². The Bertz CT molecular complexity index is 1130. The average Bonchev–Trinajstić information content (AvgIpc) is 3.46.